The van der Waals surface area contributed by atoms with Crippen molar-refractivity contribution in [3.63, 3.8) is 0 Å². The van der Waals surface area contributed by atoms with Crippen LogP contribution in [0.4, 0.5) is 4.79 Å². The second kappa shape index (κ2) is 10.8. The largest absolute Gasteiger partial charge is 0.494 e. The first-order valence-electron chi connectivity index (χ1n) is 11.6. The summed E-state index contributed by atoms with van der Waals surface area (Å²) in [6, 6.07) is 8.19. The Hall–Kier alpha value is -2.61. The number of amides is 3. The molecule has 2 aromatic rings. The van der Waals surface area contributed by atoms with E-state index in [4.69, 9.17) is 4.74 Å². The first-order chi connectivity index (χ1) is 15.6. The van der Waals surface area contributed by atoms with Crippen molar-refractivity contribution in [2.24, 2.45) is 0 Å². The number of thiazole rings is 1. The molecule has 1 saturated carbocycles. The Bertz CT molecular complexity index is 900. The van der Waals surface area contributed by atoms with Crippen molar-refractivity contribution < 1.29 is 14.3 Å². The molecule has 1 aromatic carbocycles. The molecule has 1 aromatic heterocycles. The molecule has 3 amide bonds. The van der Waals surface area contributed by atoms with Gasteiger partial charge in [-0.25, -0.2) is 9.78 Å². The van der Waals surface area contributed by atoms with E-state index in [-0.39, 0.29) is 11.9 Å². The van der Waals surface area contributed by atoms with Gasteiger partial charge in [-0.2, -0.15) is 0 Å². The Morgan fingerprint density at radius 1 is 1.06 bits per heavy atom. The first-order valence-corrected chi connectivity index (χ1v) is 12.5. The molecule has 1 aliphatic carbocycles. The smallest absolute Gasteiger partial charge is 0.317 e. The molecular formula is C24H32N4O3S. The zero-order valence-corrected chi connectivity index (χ0v) is 19.5. The van der Waals surface area contributed by atoms with E-state index in [9.17, 15) is 9.59 Å². The molecule has 0 atom stereocenters. The number of aromatic nitrogens is 1. The predicted molar refractivity (Wildman–Crippen MR) is 126 cm³/mol. The SMILES string of the molecule is CCOc1ccc(-c2nc(CC(=O)N3CCN(C(=O)NC4CCCCC4)CC3)cs2)cc1. The number of hydrogen-bond acceptors (Lipinski definition) is 5. The summed E-state index contributed by atoms with van der Waals surface area (Å²) in [5.41, 5.74) is 1.82. The Morgan fingerprint density at radius 2 is 1.75 bits per heavy atom. The third-order valence-corrected chi connectivity index (χ3v) is 7.09. The van der Waals surface area contributed by atoms with Crippen LogP contribution in [0.5, 0.6) is 5.75 Å². The summed E-state index contributed by atoms with van der Waals surface area (Å²) in [5.74, 6) is 0.913. The van der Waals surface area contributed by atoms with Gasteiger partial charge >= 0.3 is 6.03 Å². The molecule has 2 heterocycles. The van der Waals surface area contributed by atoms with Gasteiger partial charge < -0.3 is 19.9 Å². The molecule has 0 radical (unpaired) electrons. The fraction of sp³-hybridized carbons (Fsp3) is 0.542. The Labute approximate surface area is 193 Å². The Kier molecular flexibility index (Phi) is 7.63. The maximum atomic E-state index is 12.8. The second-order valence-electron chi connectivity index (χ2n) is 8.43. The molecule has 8 heteroatoms. The van der Waals surface area contributed by atoms with E-state index >= 15 is 0 Å². The highest BCUT2D eigenvalue weighted by Crippen LogP contribution is 2.26. The van der Waals surface area contributed by atoms with Crippen LogP contribution in [0.15, 0.2) is 29.6 Å². The second-order valence-corrected chi connectivity index (χ2v) is 9.29. The lowest BCUT2D eigenvalue weighted by Gasteiger charge is -2.36. The first kappa shape index (κ1) is 22.6. The quantitative estimate of drug-likeness (QED) is 0.715. The number of hydrogen-bond donors (Lipinski definition) is 1. The molecule has 32 heavy (non-hydrogen) atoms. The van der Waals surface area contributed by atoms with E-state index in [0.29, 0.717) is 45.2 Å². The average Bonchev–Trinajstić information content (AvgIpc) is 3.29. The van der Waals surface area contributed by atoms with Crippen molar-refractivity contribution in [1.82, 2.24) is 20.1 Å². The number of ether oxygens (including phenoxy) is 1. The van der Waals surface area contributed by atoms with Gasteiger partial charge in [-0.15, -0.1) is 11.3 Å². The predicted octanol–water partition coefficient (Wildman–Crippen LogP) is 3.94. The molecule has 0 spiro atoms. The number of benzene rings is 1. The molecule has 0 bridgehead atoms. The van der Waals surface area contributed by atoms with Crippen LogP contribution in [-0.4, -0.2) is 65.5 Å². The number of carbonyl (C=O) groups is 2. The lowest BCUT2D eigenvalue weighted by molar-refractivity contribution is -0.131. The van der Waals surface area contributed by atoms with E-state index < -0.39 is 0 Å². The standard InChI is InChI=1S/C24H32N4O3S/c1-2-31-21-10-8-18(9-11-21)23-25-20(17-32-23)16-22(29)27-12-14-28(15-13-27)24(30)26-19-6-4-3-5-7-19/h8-11,17,19H,2-7,12-16H2,1H3,(H,26,30). The van der Waals surface area contributed by atoms with Crippen LogP contribution in [0.2, 0.25) is 0 Å². The lowest BCUT2D eigenvalue weighted by atomic mass is 9.96. The molecule has 1 N–H and O–H groups in total. The van der Waals surface area contributed by atoms with Crippen LogP contribution in [0.25, 0.3) is 10.6 Å². The van der Waals surface area contributed by atoms with Crippen molar-refractivity contribution in [3.8, 4) is 16.3 Å². The highest BCUT2D eigenvalue weighted by atomic mass is 32.1. The highest BCUT2D eigenvalue weighted by molar-refractivity contribution is 7.13. The van der Waals surface area contributed by atoms with Gasteiger partial charge in [0.1, 0.15) is 10.8 Å². The zero-order valence-electron chi connectivity index (χ0n) is 18.7. The molecular weight excluding hydrogens is 424 g/mol. The molecule has 172 valence electrons. The fourth-order valence-electron chi connectivity index (χ4n) is 4.32. The molecule has 7 nitrogen and oxygen atoms in total. The van der Waals surface area contributed by atoms with E-state index in [1.54, 1.807) is 11.3 Å². The number of carbonyl (C=O) groups excluding carboxylic acids is 2. The minimum atomic E-state index is 0.0171. The molecule has 4 rings (SSSR count). The van der Waals surface area contributed by atoms with Crippen LogP contribution in [0.3, 0.4) is 0 Å². The van der Waals surface area contributed by atoms with Crippen molar-refractivity contribution in [1.29, 1.82) is 0 Å². The topological polar surface area (TPSA) is 74.8 Å². The van der Waals surface area contributed by atoms with Crippen molar-refractivity contribution in [2.75, 3.05) is 32.8 Å². The van der Waals surface area contributed by atoms with Crippen LogP contribution in [0, 0.1) is 0 Å². The maximum absolute atomic E-state index is 12.8. The van der Waals surface area contributed by atoms with Crippen LogP contribution in [-0.2, 0) is 11.2 Å². The Morgan fingerprint density at radius 3 is 2.44 bits per heavy atom. The third kappa shape index (κ3) is 5.79. The molecule has 2 aliphatic rings. The van der Waals surface area contributed by atoms with E-state index in [0.717, 1.165) is 34.9 Å². The molecule has 1 saturated heterocycles. The normalized spacial score (nSPS) is 17.3. The van der Waals surface area contributed by atoms with Crippen LogP contribution >= 0.6 is 11.3 Å². The summed E-state index contributed by atoms with van der Waals surface area (Å²) in [6.45, 7) is 4.92. The van der Waals surface area contributed by atoms with Gasteiger partial charge in [-0.3, -0.25) is 4.79 Å². The zero-order chi connectivity index (χ0) is 22.3. The van der Waals surface area contributed by atoms with Gasteiger partial charge in [0.25, 0.3) is 0 Å². The van der Waals surface area contributed by atoms with Gasteiger partial charge in [0.2, 0.25) is 5.91 Å². The summed E-state index contributed by atoms with van der Waals surface area (Å²) >= 11 is 1.55. The molecule has 1 aliphatic heterocycles. The number of urea groups is 1. The van der Waals surface area contributed by atoms with E-state index in [1.165, 1.54) is 19.3 Å². The number of piperazine rings is 1. The van der Waals surface area contributed by atoms with Crippen molar-refractivity contribution in [3.05, 3.63) is 35.3 Å². The number of nitrogens with one attached hydrogen (secondary N) is 1. The number of nitrogens with zero attached hydrogens (tertiary/aromatic N) is 3. The van der Waals surface area contributed by atoms with Crippen molar-refractivity contribution in [2.45, 2.75) is 51.5 Å². The Balaban J connectivity index is 1.25. The van der Waals surface area contributed by atoms with Gasteiger partial charge in [0, 0.05) is 43.2 Å². The average molecular weight is 457 g/mol. The van der Waals surface area contributed by atoms with Crippen molar-refractivity contribution >= 4 is 23.3 Å². The summed E-state index contributed by atoms with van der Waals surface area (Å²) in [4.78, 5) is 33.6. The summed E-state index contributed by atoms with van der Waals surface area (Å²) < 4.78 is 5.49. The summed E-state index contributed by atoms with van der Waals surface area (Å²) in [7, 11) is 0. The third-order valence-electron chi connectivity index (χ3n) is 6.15. The van der Waals surface area contributed by atoms with Gasteiger partial charge in [0.05, 0.1) is 18.7 Å². The van der Waals surface area contributed by atoms with Crippen LogP contribution < -0.4 is 10.1 Å². The van der Waals surface area contributed by atoms with Crippen LogP contribution in [0.1, 0.15) is 44.7 Å². The highest BCUT2D eigenvalue weighted by Gasteiger charge is 2.26. The minimum Gasteiger partial charge on any atom is -0.494 e. The monoisotopic (exact) mass is 456 g/mol. The lowest BCUT2D eigenvalue weighted by Crippen LogP contribution is -2.55. The van der Waals surface area contributed by atoms with Gasteiger partial charge in [-0.1, -0.05) is 19.3 Å². The minimum absolute atomic E-state index is 0.0171. The molecule has 2 fully saturated rings. The summed E-state index contributed by atoms with van der Waals surface area (Å²) in [6.07, 6.45) is 6.12. The van der Waals surface area contributed by atoms with Gasteiger partial charge in [-0.05, 0) is 44.0 Å². The maximum Gasteiger partial charge on any atom is 0.317 e. The van der Waals surface area contributed by atoms with E-state index in [2.05, 4.69) is 10.3 Å². The fourth-order valence-corrected chi connectivity index (χ4v) is 5.15. The molecule has 0 unspecified atom stereocenters. The van der Waals surface area contributed by atoms with Gasteiger partial charge in [0.15, 0.2) is 0 Å². The summed E-state index contributed by atoms with van der Waals surface area (Å²) in [5, 5.41) is 6.03. The van der Waals surface area contributed by atoms with E-state index in [1.807, 2.05) is 46.4 Å². The number of rotatable bonds is 6.